The molecular formula is C15H19BrClN3. The smallest absolute Gasteiger partial charge is 0.160 e. The minimum absolute atomic E-state index is 0.449. The van der Waals surface area contributed by atoms with Crippen LogP contribution in [0.4, 0.5) is 0 Å². The number of hydrogen-bond donors (Lipinski definition) is 0. The molecule has 0 N–H and O–H groups in total. The Kier molecular flexibility index (Phi) is 4.61. The van der Waals surface area contributed by atoms with Crippen LogP contribution < -0.4 is 0 Å². The van der Waals surface area contributed by atoms with Gasteiger partial charge < -0.3 is 4.57 Å². The largest absolute Gasteiger partial charge is 0.309 e. The minimum atomic E-state index is 0.449. The maximum atomic E-state index is 6.11. The van der Waals surface area contributed by atoms with Crippen LogP contribution in [-0.4, -0.2) is 14.5 Å². The van der Waals surface area contributed by atoms with Gasteiger partial charge in [0.05, 0.1) is 5.88 Å². The van der Waals surface area contributed by atoms with Crippen molar-refractivity contribution in [3.63, 3.8) is 0 Å². The van der Waals surface area contributed by atoms with Gasteiger partial charge in [-0.15, -0.1) is 11.6 Å². The maximum absolute atomic E-state index is 6.11. The maximum Gasteiger partial charge on any atom is 0.160 e. The lowest BCUT2D eigenvalue weighted by molar-refractivity contribution is 0.372. The van der Waals surface area contributed by atoms with E-state index in [1.807, 2.05) is 12.3 Å². The molecule has 1 fully saturated rings. The fourth-order valence-corrected chi connectivity index (χ4v) is 3.68. The van der Waals surface area contributed by atoms with E-state index in [-0.39, 0.29) is 0 Å². The molecule has 0 spiro atoms. The summed E-state index contributed by atoms with van der Waals surface area (Å²) in [6.45, 7) is 0. The first kappa shape index (κ1) is 14.3. The summed E-state index contributed by atoms with van der Waals surface area (Å²) in [5.74, 6) is 1.41. The van der Waals surface area contributed by atoms with Crippen LogP contribution in [0.15, 0.2) is 16.7 Å². The number of rotatable bonds is 2. The van der Waals surface area contributed by atoms with Crippen molar-refractivity contribution in [3.8, 4) is 0 Å². The third-order valence-corrected chi connectivity index (χ3v) is 4.80. The van der Waals surface area contributed by atoms with E-state index in [0.29, 0.717) is 11.9 Å². The van der Waals surface area contributed by atoms with Crippen molar-refractivity contribution < 1.29 is 0 Å². The van der Waals surface area contributed by atoms with Gasteiger partial charge in [0, 0.05) is 16.7 Å². The molecule has 0 amide bonds. The van der Waals surface area contributed by atoms with Gasteiger partial charge in [-0.3, -0.25) is 0 Å². The molecule has 0 unspecified atom stereocenters. The summed E-state index contributed by atoms with van der Waals surface area (Å²) in [5, 5.41) is 0. The highest BCUT2D eigenvalue weighted by Crippen LogP contribution is 2.31. The number of aromatic nitrogens is 3. The second kappa shape index (κ2) is 6.44. The van der Waals surface area contributed by atoms with E-state index < -0.39 is 0 Å². The van der Waals surface area contributed by atoms with Gasteiger partial charge in [-0.1, -0.05) is 32.1 Å². The van der Waals surface area contributed by atoms with Crippen LogP contribution >= 0.6 is 27.5 Å². The first-order valence-electron chi connectivity index (χ1n) is 7.38. The van der Waals surface area contributed by atoms with E-state index in [0.717, 1.165) is 21.5 Å². The molecule has 3 nitrogen and oxygen atoms in total. The fourth-order valence-electron chi connectivity index (χ4n) is 3.18. The van der Waals surface area contributed by atoms with Gasteiger partial charge in [0.2, 0.25) is 0 Å². The third-order valence-electron chi connectivity index (χ3n) is 4.13. The predicted molar refractivity (Wildman–Crippen MR) is 86.1 cm³/mol. The quantitative estimate of drug-likeness (QED) is 0.691. The van der Waals surface area contributed by atoms with E-state index >= 15 is 0 Å². The average molecular weight is 357 g/mol. The summed E-state index contributed by atoms with van der Waals surface area (Å²) in [4.78, 5) is 9.23. The van der Waals surface area contributed by atoms with Crippen LogP contribution in [0.25, 0.3) is 11.2 Å². The fraction of sp³-hybridized carbons (Fsp3) is 0.600. The molecule has 5 heteroatoms. The molecule has 108 valence electrons. The molecule has 0 bridgehead atoms. The highest BCUT2D eigenvalue weighted by atomic mass is 79.9. The number of pyridine rings is 1. The van der Waals surface area contributed by atoms with Crippen LogP contribution in [-0.2, 0) is 5.88 Å². The van der Waals surface area contributed by atoms with Crippen molar-refractivity contribution in [3.05, 3.63) is 22.6 Å². The molecule has 20 heavy (non-hydrogen) atoms. The zero-order valence-electron chi connectivity index (χ0n) is 11.5. The van der Waals surface area contributed by atoms with Crippen molar-refractivity contribution in [2.24, 2.45) is 0 Å². The summed E-state index contributed by atoms with van der Waals surface area (Å²) in [7, 11) is 0. The van der Waals surface area contributed by atoms with Gasteiger partial charge in [-0.05, 0) is 34.8 Å². The number of fused-ring (bicyclic) bond motifs is 1. The summed E-state index contributed by atoms with van der Waals surface area (Å²) in [6.07, 6.45) is 10.9. The molecule has 1 aliphatic carbocycles. The Morgan fingerprint density at radius 2 is 1.90 bits per heavy atom. The van der Waals surface area contributed by atoms with Gasteiger partial charge >= 0.3 is 0 Å². The van der Waals surface area contributed by atoms with E-state index in [4.69, 9.17) is 11.6 Å². The van der Waals surface area contributed by atoms with Crippen molar-refractivity contribution in [1.29, 1.82) is 0 Å². The van der Waals surface area contributed by atoms with E-state index in [2.05, 4.69) is 30.5 Å². The van der Waals surface area contributed by atoms with Gasteiger partial charge in [0.25, 0.3) is 0 Å². The average Bonchev–Trinajstić information content (AvgIpc) is 2.76. The van der Waals surface area contributed by atoms with Crippen molar-refractivity contribution >= 4 is 38.7 Å². The van der Waals surface area contributed by atoms with E-state index in [9.17, 15) is 0 Å². The second-order valence-corrected chi connectivity index (χ2v) is 6.71. The summed E-state index contributed by atoms with van der Waals surface area (Å²) >= 11 is 9.58. The number of nitrogens with zero attached hydrogens (tertiary/aromatic N) is 3. The minimum Gasteiger partial charge on any atom is -0.309 e. The zero-order chi connectivity index (χ0) is 13.9. The Bertz CT molecular complexity index is 588. The summed E-state index contributed by atoms with van der Waals surface area (Å²) < 4.78 is 3.26. The highest BCUT2D eigenvalue weighted by molar-refractivity contribution is 9.10. The lowest BCUT2D eigenvalue weighted by Gasteiger charge is -2.23. The Morgan fingerprint density at radius 3 is 2.60 bits per heavy atom. The zero-order valence-corrected chi connectivity index (χ0v) is 13.8. The molecule has 0 aromatic carbocycles. The summed E-state index contributed by atoms with van der Waals surface area (Å²) in [5.41, 5.74) is 1.92. The van der Waals surface area contributed by atoms with Crippen LogP contribution in [0.2, 0.25) is 0 Å². The molecule has 1 aliphatic rings. The molecule has 1 saturated carbocycles. The Morgan fingerprint density at radius 1 is 1.20 bits per heavy atom. The molecule has 3 rings (SSSR count). The van der Waals surface area contributed by atoms with Crippen LogP contribution in [0.1, 0.15) is 56.8 Å². The normalized spacial score (nSPS) is 18.1. The number of halogens is 2. The topological polar surface area (TPSA) is 30.7 Å². The number of imidazole rings is 1. The number of hydrogen-bond acceptors (Lipinski definition) is 2. The van der Waals surface area contributed by atoms with Crippen molar-refractivity contribution in [2.45, 2.75) is 56.9 Å². The highest BCUT2D eigenvalue weighted by Gasteiger charge is 2.20. The van der Waals surface area contributed by atoms with E-state index in [1.54, 1.807) is 0 Å². The van der Waals surface area contributed by atoms with Crippen molar-refractivity contribution in [2.75, 3.05) is 0 Å². The summed E-state index contributed by atoms with van der Waals surface area (Å²) in [6, 6.07) is 2.53. The van der Waals surface area contributed by atoms with Gasteiger partial charge in [-0.25, -0.2) is 9.97 Å². The predicted octanol–water partition coefficient (Wildman–Crippen LogP) is 5.22. The van der Waals surface area contributed by atoms with Crippen LogP contribution in [0.5, 0.6) is 0 Å². The molecule has 0 saturated heterocycles. The van der Waals surface area contributed by atoms with Gasteiger partial charge in [0.1, 0.15) is 11.3 Å². The first-order valence-corrected chi connectivity index (χ1v) is 8.70. The van der Waals surface area contributed by atoms with Crippen LogP contribution in [0.3, 0.4) is 0 Å². The standard InChI is InChI=1S/C15H19BrClN3/c16-11-8-13-15(18-10-11)20(14(9-17)19-13)12-6-4-2-1-3-5-7-12/h8,10,12H,1-7,9H2. The molecule has 2 aromatic rings. The molecule has 0 radical (unpaired) electrons. The molecule has 2 heterocycles. The van der Waals surface area contributed by atoms with Crippen LogP contribution in [0, 0.1) is 0 Å². The van der Waals surface area contributed by atoms with E-state index in [1.165, 1.54) is 44.9 Å². The Labute approximate surface area is 132 Å². The van der Waals surface area contributed by atoms with Crippen molar-refractivity contribution in [1.82, 2.24) is 14.5 Å². The third kappa shape index (κ3) is 2.86. The lowest BCUT2D eigenvalue weighted by Crippen LogP contribution is -2.14. The first-order chi connectivity index (χ1) is 9.79. The monoisotopic (exact) mass is 355 g/mol. The lowest BCUT2D eigenvalue weighted by atomic mass is 9.96. The Hall–Kier alpha value is -0.610. The second-order valence-electron chi connectivity index (χ2n) is 5.53. The molecular weight excluding hydrogens is 338 g/mol. The Balaban J connectivity index is 2.03. The SMILES string of the molecule is ClCc1nc2cc(Br)cnc2n1C1CCCCCCC1. The molecule has 0 atom stereocenters. The van der Waals surface area contributed by atoms with Gasteiger partial charge in [0.15, 0.2) is 5.65 Å². The molecule has 0 aliphatic heterocycles. The number of alkyl halides is 1. The van der Waals surface area contributed by atoms with Gasteiger partial charge in [-0.2, -0.15) is 0 Å². The molecule has 2 aromatic heterocycles.